The van der Waals surface area contributed by atoms with Crippen molar-refractivity contribution in [1.82, 2.24) is 4.98 Å². The summed E-state index contributed by atoms with van der Waals surface area (Å²) >= 11 is 4.18. The highest BCUT2D eigenvalue weighted by Crippen LogP contribution is 2.26. The van der Waals surface area contributed by atoms with Crippen LogP contribution < -0.4 is 4.31 Å². The van der Waals surface area contributed by atoms with E-state index in [2.05, 4.69) is 17.8 Å². The summed E-state index contributed by atoms with van der Waals surface area (Å²) in [5.41, 5.74) is 1.19. The Morgan fingerprint density at radius 3 is 3.15 bits per heavy atom. The van der Waals surface area contributed by atoms with E-state index in [1.165, 1.54) is 6.20 Å². The molecule has 1 N–H and O–H groups in total. The molecule has 0 bridgehead atoms. The minimum absolute atomic E-state index is 0.238. The fourth-order valence-electron chi connectivity index (χ4n) is 1.37. The van der Waals surface area contributed by atoms with Crippen LogP contribution in [-0.4, -0.2) is 22.6 Å². The van der Waals surface area contributed by atoms with E-state index in [0.29, 0.717) is 0 Å². The lowest BCUT2D eigenvalue weighted by atomic mass is 10.2. The number of hydrogen-bond acceptors (Lipinski definition) is 4. The number of carboxylic acid groups (broad SMARTS) is 1. The number of hydrogen-bond donors (Lipinski definition) is 2. The molecule has 4 nitrogen and oxygen atoms in total. The van der Waals surface area contributed by atoms with Crippen molar-refractivity contribution in [3.63, 3.8) is 0 Å². The van der Waals surface area contributed by atoms with E-state index in [9.17, 15) is 4.79 Å². The number of thiol groups is 1. The standard InChI is InChI=1S/C8H8N2O2S/c11-8(12)6-3-5-1-2-10(13)7(5)9-4-6/h3-4,13H,1-2H2,(H,11,12). The number of rotatable bonds is 1. The lowest BCUT2D eigenvalue weighted by Crippen LogP contribution is -2.06. The van der Waals surface area contributed by atoms with E-state index in [-0.39, 0.29) is 5.56 Å². The minimum Gasteiger partial charge on any atom is -0.478 e. The summed E-state index contributed by atoms with van der Waals surface area (Å²) in [5.74, 6) is -0.166. The molecule has 0 saturated heterocycles. The molecule has 1 aliphatic rings. The third-order valence-corrected chi connectivity index (χ3v) is 2.42. The lowest BCUT2D eigenvalue weighted by molar-refractivity contribution is 0.0696. The molecule has 0 radical (unpaired) electrons. The number of aromatic nitrogens is 1. The van der Waals surface area contributed by atoms with Crippen LogP contribution in [0.15, 0.2) is 12.3 Å². The van der Waals surface area contributed by atoms with E-state index in [4.69, 9.17) is 5.11 Å². The van der Waals surface area contributed by atoms with Crippen LogP contribution in [0.5, 0.6) is 0 Å². The average molecular weight is 196 g/mol. The number of pyridine rings is 1. The molecule has 0 aromatic carbocycles. The van der Waals surface area contributed by atoms with Crippen LogP contribution in [0, 0.1) is 0 Å². The maximum absolute atomic E-state index is 10.6. The quantitative estimate of drug-likeness (QED) is 0.658. The highest BCUT2D eigenvalue weighted by atomic mass is 32.1. The molecule has 1 aliphatic heterocycles. The Morgan fingerprint density at radius 1 is 1.69 bits per heavy atom. The summed E-state index contributed by atoms with van der Waals surface area (Å²) in [4.78, 5) is 14.6. The normalized spacial score (nSPS) is 14.4. The van der Waals surface area contributed by atoms with Crippen LogP contribution in [-0.2, 0) is 6.42 Å². The SMILES string of the molecule is O=C(O)c1cnc2c(c1)CCN2S. The fraction of sp³-hybridized carbons (Fsp3) is 0.250. The van der Waals surface area contributed by atoms with Gasteiger partial charge in [-0.15, -0.1) is 0 Å². The molecule has 0 fully saturated rings. The Kier molecular flexibility index (Phi) is 1.88. The van der Waals surface area contributed by atoms with Crippen molar-refractivity contribution in [2.45, 2.75) is 6.42 Å². The predicted molar refractivity (Wildman–Crippen MR) is 51.2 cm³/mol. The van der Waals surface area contributed by atoms with Gasteiger partial charge in [0.2, 0.25) is 0 Å². The summed E-state index contributed by atoms with van der Waals surface area (Å²) in [7, 11) is 0. The van der Waals surface area contributed by atoms with Gasteiger partial charge in [0.05, 0.1) is 5.56 Å². The van der Waals surface area contributed by atoms with Crippen molar-refractivity contribution < 1.29 is 9.90 Å². The first-order valence-corrected chi connectivity index (χ1v) is 4.27. The predicted octanol–water partition coefficient (Wildman–Crippen LogP) is 0.987. The first kappa shape index (κ1) is 8.37. The van der Waals surface area contributed by atoms with Gasteiger partial charge in [0.1, 0.15) is 5.82 Å². The van der Waals surface area contributed by atoms with Gasteiger partial charge in [0.15, 0.2) is 0 Å². The van der Waals surface area contributed by atoms with Crippen molar-refractivity contribution in [2.24, 2.45) is 0 Å². The Balaban J connectivity index is 2.45. The zero-order valence-corrected chi connectivity index (χ0v) is 7.66. The van der Waals surface area contributed by atoms with Crippen LogP contribution in [0.25, 0.3) is 0 Å². The van der Waals surface area contributed by atoms with Crippen LogP contribution in [0.4, 0.5) is 5.82 Å². The summed E-state index contributed by atoms with van der Waals surface area (Å²) in [6, 6.07) is 1.65. The van der Waals surface area contributed by atoms with E-state index in [1.807, 2.05) is 0 Å². The molecule has 13 heavy (non-hydrogen) atoms. The van der Waals surface area contributed by atoms with Crippen LogP contribution in [0.3, 0.4) is 0 Å². The third-order valence-electron chi connectivity index (χ3n) is 2.03. The Labute approximate surface area is 80.7 Å². The van der Waals surface area contributed by atoms with E-state index in [1.54, 1.807) is 10.4 Å². The van der Waals surface area contributed by atoms with Crippen molar-refractivity contribution in [1.29, 1.82) is 0 Å². The second-order valence-electron chi connectivity index (χ2n) is 2.89. The fourth-order valence-corrected chi connectivity index (χ4v) is 1.65. The molecule has 0 saturated carbocycles. The van der Waals surface area contributed by atoms with Crippen molar-refractivity contribution in [3.05, 3.63) is 23.4 Å². The monoisotopic (exact) mass is 196 g/mol. The summed E-state index contributed by atoms with van der Waals surface area (Å²) < 4.78 is 1.72. The second kappa shape index (κ2) is 2.92. The van der Waals surface area contributed by atoms with E-state index >= 15 is 0 Å². The molecule has 1 aromatic rings. The number of fused-ring (bicyclic) bond motifs is 1. The largest absolute Gasteiger partial charge is 0.478 e. The van der Waals surface area contributed by atoms with Gasteiger partial charge in [-0.1, -0.05) is 12.8 Å². The van der Waals surface area contributed by atoms with Crippen molar-refractivity contribution >= 4 is 24.6 Å². The summed E-state index contributed by atoms with van der Waals surface area (Å²) in [6.45, 7) is 0.786. The number of aromatic carboxylic acids is 1. The smallest absolute Gasteiger partial charge is 0.337 e. The van der Waals surface area contributed by atoms with Gasteiger partial charge < -0.3 is 9.41 Å². The molecular weight excluding hydrogens is 188 g/mol. The first-order valence-electron chi connectivity index (χ1n) is 3.87. The third kappa shape index (κ3) is 1.35. The molecule has 2 rings (SSSR count). The van der Waals surface area contributed by atoms with E-state index in [0.717, 1.165) is 24.3 Å². The number of carbonyl (C=O) groups is 1. The molecule has 0 amide bonds. The Bertz CT molecular complexity index is 367. The Morgan fingerprint density at radius 2 is 2.46 bits per heavy atom. The Hall–Kier alpha value is -1.23. The highest BCUT2D eigenvalue weighted by molar-refractivity contribution is 7.81. The number of anilines is 1. The molecule has 0 atom stereocenters. The van der Waals surface area contributed by atoms with Crippen LogP contribution >= 0.6 is 12.8 Å². The van der Waals surface area contributed by atoms with Crippen LogP contribution in [0.2, 0.25) is 0 Å². The van der Waals surface area contributed by atoms with Gasteiger partial charge in [0.25, 0.3) is 0 Å². The molecule has 0 unspecified atom stereocenters. The maximum Gasteiger partial charge on any atom is 0.337 e. The second-order valence-corrected chi connectivity index (χ2v) is 3.37. The lowest BCUT2D eigenvalue weighted by Gasteiger charge is -2.07. The average Bonchev–Trinajstić information content (AvgIpc) is 2.47. The minimum atomic E-state index is -0.937. The summed E-state index contributed by atoms with van der Waals surface area (Å²) in [5, 5.41) is 8.71. The van der Waals surface area contributed by atoms with Gasteiger partial charge in [-0.3, -0.25) is 0 Å². The van der Waals surface area contributed by atoms with Crippen molar-refractivity contribution in [3.8, 4) is 0 Å². The topological polar surface area (TPSA) is 53.4 Å². The van der Waals surface area contributed by atoms with Gasteiger partial charge in [-0.05, 0) is 18.1 Å². The van der Waals surface area contributed by atoms with Gasteiger partial charge in [-0.2, -0.15) is 0 Å². The van der Waals surface area contributed by atoms with Crippen molar-refractivity contribution in [2.75, 3.05) is 10.8 Å². The summed E-state index contributed by atoms with van der Waals surface area (Å²) in [6.07, 6.45) is 2.17. The van der Waals surface area contributed by atoms with Gasteiger partial charge in [-0.25, -0.2) is 9.78 Å². The zero-order chi connectivity index (χ0) is 9.42. The molecule has 0 aliphatic carbocycles. The van der Waals surface area contributed by atoms with Gasteiger partial charge in [0, 0.05) is 12.7 Å². The number of carboxylic acids is 1. The molecule has 5 heteroatoms. The zero-order valence-electron chi connectivity index (χ0n) is 6.77. The molecule has 1 aromatic heterocycles. The molecule has 68 valence electrons. The van der Waals surface area contributed by atoms with E-state index < -0.39 is 5.97 Å². The molecule has 2 heterocycles. The molecule has 0 spiro atoms. The van der Waals surface area contributed by atoms with Gasteiger partial charge >= 0.3 is 5.97 Å². The highest BCUT2D eigenvalue weighted by Gasteiger charge is 2.19. The molecular formula is C8H8N2O2S. The number of nitrogens with zero attached hydrogens (tertiary/aromatic N) is 2. The first-order chi connectivity index (χ1) is 6.18. The maximum atomic E-state index is 10.6. The van der Waals surface area contributed by atoms with Crippen LogP contribution in [0.1, 0.15) is 15.9 Å².